The van der Waals surface area contributed by atoms with Crippen LogP contribution in [0.3, 0.4) is 0 Å². The third-order valence-corrected chi connectivity index (χ3v) is 14.7. The summed E-state index contributed by atoms with van der Waals surface area (Å²) in [5.41, 5.74) is 1.36. The second kappa shape index (κ2) is 18.4. The first kappa shape index (κ1) is 44.3. The lowest BCUT2D eigenvalue weighted by Gasteiger charge is -2.36. The molecule has 1 saturated heterocycles. The molecule has 4 aromatic carbocycles. The molecule has 1 aromatic heterocycles. The maximum atomic E-state index is 15.4. The summed E-state index contributed by atoms with van der Waals surface area (Å²) >= 11 is 0. The van der Waals surface area contributed by atoms with Gasteiger partial charge in [0, 0.05) is 35.4 Å². The van der Waals surface area contributed by atoms with Crippen LogP contribution in [0.15, 0.2) is 128 Å². The van der Waals surface area contributed by atoms with Gasteiger partial charge in [0.05, 0.1) is 24.9 Å². The van der Waals surface area contributed by atoms with Crippen molar-refractivity contribution < 1.29 is 42.2 Å². The molecule has 3 amide bonds. The number of fused-ring (bicyclic) bond motifs is 1. The van der Waals surface area contributed by atoms with Crippen LogP contribution < -0.4 is 29.2 Å². The normalized spacial score (nSPS) is 21.4. The number of rotatable bonds is 15. The van der Waals surface area contributed by atoms with Gasteiger partial charge in [-0.15, -0.1) is 6.58 Å². The molecule has 13 nitrogen and oxygen atoms in total. The van der Waals surface area contributed by atoms with Gasteiger partial charge in [-0.3, -0.25) is 9.59 Å². The van der Waals surface area contributed by atoms with Crippen molar-refractivity contribution in [3.63, 3.8) is 0 Å². The summed E-state index contributed by atoms with van der Waals surface area (Å²) in [4.78, 5) is 50.0. The Hall–Kier alpha value is -6.33. The molecule has 64 heavy (non-hydrogen) atoms. The van der Waals surface area contributed by atoms with Gasteiger partial charge in [-0.2, -0.15) is 0 Å². The van der Waals surface area contributed by atoms with E-state index in [1.165, 1.54) is 4.90 Å². The summed E-state index contributed by atoms with van der Waals surface area (Å²) in [6.07, 6.45) is 3.71. The van der Waals surface area contributed by atoms with Crippen LogP contribution in [0.4, 0.5) is 4.79 Å². The zero-order valence-corrected chi connectivity index (χ0v) is 37.5. The van der Waals surface area contributed by atoms with Crippen LogP contribution in [-0.2, 0) is 18.9 Å². The van der Waals surface area contributed by atoms with Gasteiger partial charge in [-0.25, -0.2) is 14.3 Å². The van der Waals surface area contributed by atoms with E-state index < -0.39 is 60.3 Å². The zero-order valence-electron chi connectivity index (χ0n) is 36.6. The van der Waals surface area contributed by atoms with Crippen molar-refractivity contribution in [3.8, 4) is 34.3 Å². The van der Waals surface area contributed by atoms with Crippen molar-refractivity contribution in [3.05, 3.63) is 128 Å². The summed E-state index contributed by atoms with van der Waals surface area (Å²) in [6.45, 7) is 9.52. The lowest BCUT2D eigenvalue weighted by molar-refractivity contribution is -0.142. The number of likely N-dealkylation sites (tertiary alicyclic amines) is 1. The average molecular weight is 887 g/mol. The molecule has 8 rings (SSSR count). The van der Waals surface area contributed by atoms with Gasteiger partial charge in [0.2, 0.25) is 11.8 Å². The smallest absolute Gasteiger partial charge is 0.456 e. The van der Waals surface area contributed by atoms with Crippen LogP contribution in [0.5, 0.6) is 23.0 Å². The van der Waals surface area contributed by atoms with E-state index in [1.54, 1.807) is 61.7 Å². The third kappa shape index (κ3) is 9.45. The van der Waals surface area contributed by atoms with Gasteiger partial charge in [-0.05, 0) is 73.9 Å². The van der Waals surface area contributed by atoms with Gasteiger partial charge in [-0.1, -0.05) is 93.6 Å². The number of carbonyl (C=O) groups is 3. The quantitative estimate of drug-likeness (QED) is 0.0767. The van der Waals surface area contributed by atoms with Gasteiger partial charge >= 0.3 is 13.7 Å². The number of alkyl carbamates (subject to hydrolysis) is 1. The Kier molecular flexibility index (Phi) is 12.7. The molecule has 0 unspecified atom stereocenters. The van der Waals surface area contributed by atoms with E-state index in [1.807, 2.05) is 87.5 Å². The summed E-state index contributed by atoms with van der Waals surface area (Å²) < 4.78 is 46.1. The van der Waals surface area contributed by atoms with E-state index in [2.05, 4.69) is 17.2 Å². The van der Waals surface area contributed by atoms with Crippen molar-refractivity contribution >= 4 is 36.4 Å². The molecular weight excluding hydrogens is 832 g/mol. The van der Waals surface area contributed by atoms with Crippen LogP contribution in [0, 0.1) is 11.3 Å². The first-order valence-corrected chi connectivity index (χ1v) is 23.4. The Bertz CT molecular complexity index is 2490. The van der Waals surface area contributed by atoms with Crippen LogP contribution in [-0.4, -0.2) is 71.0 Å². The van der Waals surface area contributed by atoms with Crippen molar-refractivity contribution in [2.45, 2.75) is 88.9 Å². The summed E-state index contributed by atoms with van der Waals surface area (Å²) in [5.74, 6) is 0.109. The molecule has 5 aromatic rings. The van der Waals surface area contributed by atoms with Gasteiger partial charge in [0.15, 0.2) is 5.28 Å². The molecule has 0 bridgehead atoms. The molecule has 334 valence electrons. The number of pyridine rings is 1. The van der Waals surface area contributed by atoms with E-state index in [9.17, 15) is 4.79 Å². The highest BCUT2D eigenvalue weighted by atomic mass is 31.2. The molecule has 2 heterocycles. The monoisotopic (exact) mass is 886 g/mol. The molecule has 3 aliphatic rings. The molecule has 1 aliphatic heterocycles. The summed E-state index contributed by atoms with van der Waals surface area (Å²) in [5, 5.41) is 5.12. The topological polar surface area (TPSA) is 155 Å². The van der Waals surface area contributed by atoms with Crippen molar-refractivity contribution in [2.24, 2.45) is 11.3 Å². The van der Waals surface area contributed by atoms with Gasteiger partial charge in [0.1, 0.15) is 47.3 Å². The van der Waals surface area contributed by atoms with Crippen molar-refractivity contribution in [2.75, 3.05) is 13.7 Å². The molecule has 3 fully saturated rings. The number of hydrogen-bond acceptors (Lipinski definition) is 10. The van der Waals surface area contributed by atoms with Crippen LogP contribution in [0.2, 0.25) is 0 Å². The highest BCUT2D eigenvalue weighted by Gasteiger charge is 2.71. The number of amides is 3. The summed E-state index contributed by atoms with van der Waals surface area (Å²) in [7, 11) is -2.72. The fraction of sp³-hybridized carbons (Fsp3) is 0.360. The van der Waals surface area contributed by atoms with Gasteiger partial charge < -0.3 is 38.8 Å². The maximum Gasteiger partial charge on any atom is 0.456 e. The molecule has 2 N–H and O–H groups in total. The second-order valence-corrected chi connectivity index (χ2v) is 19.9. The minimum Gasteiger partial charge on any atom is -0.497 e. The van der Waals surface area contributed by atoms with Crippen LogP contribution in [0.1, 0.15) is 59.3 Å². The van der Waals surface area contributed by atoms with E-state index in [0.29, 0.717) is 28.1 Å². The highest BCUT2D eigenvalue weighted by molar-refractivity contribution is 7.57. The summed E-state index contributed by atoms with van der Waals surface area (Å²) in [6, 6.07) is 32.1. The van der Waals surface area contributed by atoms with E-state index in [4.69, 9.17) is 28.2 Å². The predicted octanol–water partition coefficient (Wildman–Crippen LogP) is 9.71. The third-order valence-electron chi connectivity index (χ3n) is 12.2. The molecule has 5 atom stereocenters. The highest BCUT2D eigenvalue weighted by Crippen LogP contribution is 2.71. The molecule has 2 aliphatic carbocycles. The van der Waals surface area contributed by atoms with E-state index >= 15 is 14.2 Å². The van der Waals surface area contributed by atoms with Crippen molar-refractivity contribution in [1.29, 1.82) is 0 Å². The number of aromatic nitrogens is 1. The number of ether oxygens (including phenoxy) is 3. The van der Waals surface area contributed by atoms with Crippen LogP contribution in [0.25, 0.3) is 22.2 Å². The Morgan fingerprint density at radius 2 is 1.48 bits per heavy atom. The zero-order chi connectivity index (χ0) is 45.1. The number of nitrogens with one attached hydrogen (secondary N) is 2. The molecule has 0 radical (unpaired) electrons. The number of methoxy groups -OCH3 is 1. The van der Waals surface area contributed by atoms with Crippen LogP contribution >= 0.6 is 7.60 Å². The number of hydrogen-bond donors (Lipinski definition) is 2. The lowest BCUT2D eigenvalue weighted by Crippen LogP contribution is -2.58. The van der Waals surface area contributed by atoms with E-state index in [0.717, 1.165) is 31.2 Å². The maximum absolute atomic E-state index is 15.4. The number of nitrogens with zero attached hydrogens (tertiary/aromatic N) is 2. The fourth-order valence-corrected chi connectivity index (χ4v) is 11.0. The first-order valence-electron chi connectivity index (χ1n) is 21.8. The van der Waals surface area contributed by atoms with E-state index in [-0.39, 0.29) is 37.0 Å². The Morgan fingerprint density at radius 1 is 0.859 bits per heavy atom. The average Bonchev–Trinajstić information content (AvgIpc) is 3.54. The number of carbonyl (C=O) groups excluding carboxylic acids is 3. The fourth-order valence-electron chi connectivity index (χ4n) is 8.64. The van der Waals surface area contributed by atoms with Gasteiger partial charge in [0.25, 0.3) is 0 Å². The minimum absolute atomic E-state index is 0.0138. The molecule has 2 saturated carbocycles. The standard InChI is InChI=1S/C50H55N4O9P/c1-6-34-31-50(34,64(58,62-36-22-12-8-13-23-36)63-37-24-14-9-15-25-37)53-46(55)43-29-39(32-54(43)47(56)45(49(2,3)4)52-48(57)61-35-20-16-17-21-35)60-44-30-41(33-18-10-7-11-19-33)51-42-28-38(59-5)26-27-40(42)44/h6-15,18-19,22-28,30,34-35,39,43,45H,1,16-17,20-21,29,31-32H2,2-5H3,(H,52,57)(H,53,55)/t34-,39-,43+,45-,50+/m1/s1. The largest absolute Gasteiger partial charge is 0.497 e. The number of para-hydroxylation sites is 2. The molecule has 0 spiro atoms. The number of benzene rings is 4. The lowest BCUT2D eigenvalue weighted by atomic mass is 9.85. The SMILES string of the molecule is C=C[C@@H]1C[C@]1(NC(=O)[C@@H]1C[C@@H](Oc2cc(-c3ccccc3)nc3cc(OC)ccc23)CN1C(=O)[C@@H](NC(=O)OC1CCCC1)C(C)(C)C)P(=O)(Oc1ccccc1)Oc1ccccc1. The Labute approximate surface area is 374 Å². The molecular formula is C50H55N4O9P. The minimum atomic E-state index is -4.31. The predicted molar refractivity (Wildman–Crippen MR) is 244 cm³/mol. The first-order chi connectivity index (χ1) is 30.8. The Morgan fingerprint density at radius 3 is 2.06 bits per heavy atom. The Balaban J connectivity index is 1.15. The second-order valence-electron chi connectivity index (χ2n) is 17.8. The van der Waals surface area contributed by atoms with Crippen molar-refractivity contribution in [1.82, 2.24) is 20.5 Å². The molecule has 14 heteroatoms.